The van der Waals surface area contributed by atoms with E-state index in [0.717, 1.165) is 17.5 Å². The summed E-state index contributed by atoms with van der Waals surface area (Å²) in [6.45, 7) is 0. The molecule has 2 aromatic carbocycles. The van der Waals surface area contributed by atoms with Gasteiger partial charge >= 0.3 is 0 Å². The van der Waals surface area contributed by atoms with Crippen LogP contribution in [0.15, 0.2) is 48.6 Å². The Bertz CT molecular complexity index is 787. The van der Waals surface area contributed by atoms with E-state index in [1.807, 2.05) is 18.2 Å². The molecule has 23 heavy (non-hydrogen) atoms. The molecule has 1 aliphatic heterocycles. The Labute approximate surface area is 134 Å². The predicted molar refractivity (Wildman–Crippen MR) is 87.4 cm³/mol. The van der Waals surface area contributed by atoms with Gasteiger partial charge in [0.05, 0.1) is 18.8 Å². The summed E-state index contributed by atoms with van der Waals surface area (Å²) in [7, 11) is 1.53. The number of nitrogens with one attached hydrogen (secondary N) is 1. The molecular weight excluding hydrogens is 293 g/mol. The van der Waals surface area contributed by atoms with Crippen LogP contribution in [0.1, 0.15) is 29.5 Å². The molecule has 2 aromatic rings. The Morgan fingerprint density at radius 2 is 2.13 bits per heavy atom. The molecule has 3 nitrogen and oxygen atoms in total. The molecule has 0 saturated carbocycles. The third kappa shape index (κ3) is 2.17. The highest BCUT2D eigenvalue weighted by molar-refractivity contribution is 5.61. The van der Waals surface area contributed by atoms with Crippen LogP contribution < -0.4 is 10.1 Å². The second kappa shape index (κ2) is 5.30. The van der Waals surface area contributed by atoms with Crippen molar-refractivity contribution in [1.82, 2.24) is 0 Å². The lowest BCUT2D eigenvalue weighted by molar-refractivity contribution is 0.370. The van der Waals surface area contributed by atoms with Crippen molar-refractivity contribution in [2.75, 3.05) is 12.4 Å². The first-order valence-electron chi connectivity index (χ1n) is 7.77. The molecule has 3 atom stereocenters. The summed E-state index contributed by atoms with van der Waals surface area (Å²) in [4.78, 5) is 0. The number of phenolic OH excluding ortho intramolecular Hbond substituents is 1. The van der Waals surface area contributed by atoms with Gasteiger partial charge in [-0.1, -0.05) is 30.4 Å². The molecule has 0 radical (unpaired) electrons. The molecule has 3 unspecified atom stereocenters. The van der Waals surface area contributed by atoms with Crippen LogP contribution in [0.2, 0.25) is 0 Å². The summed E-state index contributed by atoms with van der Waals surface area (Å²) >= 11 is 0. The first-order valence-corrected chi connectivity index (χ1v) is 7.77. The first-order chi connectivity index (χ1) is 11.2. The Kier molecular flexibility index (Phi) is 3.26. The van der Waals surface area contributed by atoms with Gasteiger partial charge in [-0.3, -0.25) is 0 Å². The van der Waals surface area contributed by atoms with E-state index < -0.39 is 0 Å². The van der Waals surface area contributed by atoms with Gasteiger partial charge in [-0.15, -0.1) is 0 Å². The normalized spacial score (nSPS) is 24.7. The van der Waals surface area contributed by atoms with Crippen molar-refractivity contribution in [3.63, 3.8) is 0 Å². The Hall–Kier alpha value is -2.49. The third-order valence-corrected chi connectivity index (χ3v) is 4.91. The summed E-state index contributed by atoms with van der Waals surface area (Å²) in [5, 5.41) is 13.2. The minimum absolute atomic E-state index is 0.0195. The molecule has 2 aliphatic rings. The molecular formula is C19H18FNO2. The fourth-order valence-electron chi connectivity index (χ4n) is 3.80. The maximum atomic E-state index is 14.3. The molecule has 0 aromatic heterocycles. The van der Waals surface area contributed by atoms with Crippen LogP contribution in [-0.4, -0.2) is 12.2 Å². The second-order valence-electron chi connectivity index (χ2n) is 6.11. The largest absolute Gasteiger partial charge is 0.504 e. The van der Waals surface area contributed by atoms with Crippen molar-refractivity contribution < 1.29 is 14.2 Å². The molecule has 4 heteroatoms. The van der Waals surface area contributed by atoms with Crippen molar-refractivity contribution in [1.29, 1.82) is 0 Å². The fourth-order valence-corrected chi connectivity index (χ4v) is 3.80. The monoisotopic (exact) mass is 311 g/mol. The molecule has 0 spiro atoms. The van der Waals surface area contributed by atoms with Crippen molar-refractivity contribution in [2.45, 2.75) is 18.4 Å². The zero-order valence-electron chi connectivity index (χ0n) is 12.8. The van der Waals surface area contributed by atoms with Crippen molar-refractivity contribution in [3.05, 3.63) is 65.5 Å². The molecule has 1 heterocycles. The van der Waals surface area contributed by atoms with Crippen LogP contribution in [0, 0.1) is 11.7 Å². The van der Waals surface area contributed by atoms with E-state index in [9.17, 15) is 9.50 Å². The molecule has 0 fully saturated rings. The Balaban J connectivity index is 1.80. The van der Waals surface area contributed by atoms with Crippen LogP contribution in [0.3, 0.4) is 0 Å². The van der Waals surface area contributed by atoms with E-state index in [1.54, 1.807) is 12.1 Å². The molecule has 0 amide bonds. The molecule has 0 bridgehead atoms. The summed E-state index contributed by atoms with van der Waals surface area (Å²) in [5.74, 6) is 0.869. The number of rotatable bonds is 2. The van der Waals surface area contributed by atoms with Crippen LogP contribution in [-0.2, 0) is 0 Å². The fraction of sp³-hybridized carbons (Fsp3) is 0.263. The Morgan fingerprint density at radius 1 is 1.26 bits per heavy atom. The maximum Gasteiger partial charge on any atom is 0.160 e. The minimum atomic E-state index is -0.225. The highest BCUT2D eigenvalue weighted by atomic mass is 19.1. The molecule has 2 N–H and O–H groups in total. The SMILES string of the molecule is COc1cc(C2Nc3c(F)cccc3C3C=CCC32)ccc1O. The number of benzene rings is 2. The number of anilines is 1. The summed E-state index contributed by atoms with van der Waals surface area (Å²) in [6.07, 6.45) is 5.29. The zero-order valence-corrected chi connectivity index (χ0v) is 12.8. The highest BCUT2D eigenvalue weighted by Crippen LogP contribution is 2.50. The van der Waals surface area contributed by atoms with Gasteiger partial charge in [-0.2, -0.15) is 0 Å². The van der Waals surface area contributed by atoms with Crippen molar-refractivity contribution in [3.8, 4) is 11.5 Å². The number of aromatic hydroxyl groups is 1. The van der Waals surface area contributed by atoms with Gasteiger partial charge < -0.3 is 15.2 Å². The number of halogens is 1. The lowest BCUT2D eigenvalue weighted by atomic mass is 9.77. The second-order valence-corrected chi connectivity index (χ2v) is 6.11. The lowest BCUT2D eigenvalue weighted by Crippen LogP contribution is -2.29. The quantitative estimate of drug-likeness (QED) is 0.809. The molecule has 4 rings (SSSR count). The zero-order chi connectivity index (χ0) is 16.0. The van der Waals surface area contributed by atoms with Gasteiger partial charge in [0.1, 0.15) is 5.82 Å². The van der Waals surface area contributed by atoms with Crippen LogP contribution >= 0.6 is 0 Å². The van der Waals surface area contributed by atoms with E-state index in [4.69, 9.17) is 4.74 Å². The Morgan fingerprint density at radius 3 is 2.96 bits per heavy atom. The number of hydrogen-bond donors (Lipinski definition) is 2. The molecule has 1 aliphatic carbocycles. The average molecular weight is 311 g/mol. The minimum Gasteiger partial charge on any atom is -0.504 e. The number of methoxy groups -OCH3 is 1. The van der Waals surface area contributed by atoms with Gasteiger partial charge in [-0.05, 0) is 41.7 Å². The van der Waals surface area contributed by atoms with Crippen molar-refractivity contribution >= 4 is 5.69 Å². The number of phenols is 1. The molecule has 0 saturated heterocycles. The average Bonchev–Trinajstić information content (AvgIpc) is 3.05. The van der Waals surface area contributed by atoms with Gasteiger partial charge in [0.2, 0.25) is 0 Å². The summed E-state index contributed by atoms with van der Waals surface area (Å²) < 4.78 is 19.5. The number of ether oxygens (including phenoxy) is 1. The topological polar surface area (TPSA) is 41.5 Å². The van der Waals surface area contributed by atoms with E-state index in [-0.39, 0.29) is 23.5 Å². The molecule has 118 valence electrons. The van der Waals surface area contributed by atoms with Gasteiger partial charge in [0, 0.05) is 5.92 Å². The van der Waals surface area contributed by atoms with Gasteiger partial charge in [0.25, 0.3) is 0 Å². The summed E-state index contributed by atoms with van der Waals surface area (Å²) in [5.41, 5.74) is 2.59. The van der Waals surface area contributed by atoms with Crippen LogP contribution in [0.5, 0.6) is 11.5 Å². The van der Waals surface area contributed by atoms with Gasteiger partial charge in [0.15, 0.2) is 11.5 Å². The number of allylic oxidation sites excluding steroid dienone is 2. The standard InChI is InChI=1S/C19H18FNO2/c1-23-17-10-11(8-9-16(17)22)18-13-5-2-4-12(13)14-6-3-7-15(20)19(14)21-18/h2-4,6-10,12-13,18,21-22H,5H2,1H3. The summed E-state index contributed by atoms with van der Waals surface area (Å²) in [6, 6.07) is 10.6. The van der Waals surface area contributed by atoms with Crippen LogP contribution in [0.4, 0.5) is 10.1 Å². The number of para-hydroxylation sites is 1. The smallest absolute Gasteiger partial charge is 0.160 e. The highest BCUT2D eigenvalue weighted by Gasteiger charge is 2.39. The number of hydrogen-bond acceptors (Lipinski definition) is 3. The first kappa shape index (κ1) is 14.1. The van der Waals surface area contributed by atoms with E-state index >= 15 is 0 Å². The van der Waals surface area contributed by atoms with Crippen LogP contribution in [0.25, 0.3) is 0 Å². The number of fused-ring (bicyclic) bond motifs is 3. The predicted octanol–water partition coefficient (Wildman–Crippen LogP) is 4.37. The van der Waals surface area contributed by atoms with E-state index in [0.29, 0.717) is 17.4 Å². The maximum absolute atomic E-state index is 14.3. The van der Waals surface area contributed by atoms with Gasteiger partial charge in [-0.25, -0.2) is 4.39 Å². The lowest BCUT2D eigenvalue weighted by Gasteiger charge is -2.37. The van der Waals surface area contributed by atoms with E-state index in [1.165, 1.54) is 13.2 Å². The third-order valence-electron chi connectivity index (χ3n) is 4.91. The van der Waals surface area contributed by atoms with Crippen molar-refractivity contribution in [2.24, 2.45) is 5.92 Å². The van der Waals surface area contributed by atoms with E-state index in [2.05, 4.69) is 17.5 Å².